The first-order chi connectivity index (χ1) is 16.8. The number of ether oxygens (including phenoxy) is 2. The number of carbonyl (C=O) groups excluding carboxylic acids is 2. The minimum absolute atomic E-state index is 0.148. The lowest BCUT2D eigenvalue weighted by atomic mass is 9.73. The highest BCUT2D eigenvalue weighted by Crippen LogP contribution is 2.45. The Morgan fingerprint density at radius 3 is 2.58 bits per heavy atom. The molecule has 9 heteroatoms. The summed E-state index contributed by atoms with van der Waals surface area (Å²) in [4.78, 5) is 30.6. The van der Waals surface area contributed by atoms with E-state index >= 15 is 0 Å². The van der Waals surface area contributed by atoms with Gasteiger partial charge in [0.15, 0.2) is 0 Å². The van der Waals surface area contributed by atoms with Gasteiger partial charge in [-0.25, -0.2) is 4.98 Å². The molecule has 36 heavy (non-hydrogen) atoms. The van der Waals surface area contributed by atoms with E-state index in [0.29, 0.717) is 25.7 Å². The van der Waals surface area contributed by atoms with Crippen LogP contribution in [0.1, 0.15) is 77.4 Å². The van der Waals surface area contributed by atoms with Crippen molar-refractivity contribution in [2.45, 2.75) is 104 Å². The second-order valence-electron chi connectivity index (χ2n) is 11.2. The smallest absolute Gasteiger partial charge is 0.309 e. The maximum absolute atomic E-state index is 13.2. The molecule has 202 valence electrons. The van der Waals surface area contributed by atoms with Crippen molar-refractivity contribution < 1.29 is 34.4 Å². The summed E-state index contributed by atoms with van der Waals surface area (Å²) in [7, 11) is 0. The van der Waals surface area contributed by atoms with Crippen LogP contribution in [0.3, 0.4) is 0 Å². The van der Waals surface area contributed by atoms with Gasteiger partial charge in [-0.05, 0) is 44.3 Å². The summed E-state index contributed by atoms with van der Waals surface area (Å²) in [6, 6.07) is 0. The van der Waals surface area contributed by atoms with Crippen LogP contribution in [-0.2, 0) is 19.1 Å². The van der Waals surface area contributed by atoms with Gasteiger partial charge >= 0.3 is 5.97 Å². The van der Waals surface area contributed by atoms with Crippen LogP contribution in [0.2, 0.25) is 0 Å². The number of thiazole rings is 1. The minimum atomic E-state index is -1.27. The fraction of sp³-hybridized carbons (Fsp3) is 0.741. The molecule has 3 rings (SSSR count). The highest BCUT2D eigenvalue weighted by atomic mass is 32.1. The molecule has 1 aromatic heterocycles. The van der Waals surface area contributed by atoms with Crippen molar-refractivity contribution in [1.29, 1.82) is 0 Å². The number of esters is 1. The van der Waals surface area contributed by atoms with Gasteiger partial charge in [0.1, 0.15) is 17.5 Å². The summed E-state index contributed by atoms with van der Waals surface area (Å²) in [6.07, 6.45) is 0.807. The van der Waals surface area contributed by atoms with E-state index in [4.69, 9.17) is 9.47 Å². The van der Waals surface area contributed by atoms with Crippen molar-refractivity contribution in [2.75, 3.05) is 6.61 Å². The third-order valence-electron chi connectivity index (χ3n) is 7.99. The number of Topliss-reactive ketones (excluding diaryl/α,β-unsaturated/α-hetero) is 1. The molecule has 3 N–H and O–H groups in total. The average Bonchev–Trinajstić information content (AvgIpc) is 3.35. The van der Waals surface area contributed by atoms with Crippen LogP contribution < -0.4 is 0 Å². The Bertz CT molecular complexity index is 973. The van der Waals surface area contributed by atoms with Crippen molar-refractivity contribution in [3.8, 4) is 0 Å². The molecule has 0 amide bonds. The van der Waals surface area contributed by atoms with Gasteiger partial charge < -0.3 is 24.8 Å². The molecule has 2 aliphatic rings. The number of hydrogen-bond donors (Lipinski definition) is 3. The number of fused-ring (bicyclic) bond motifs is 1. The topological polar surface area (TPSA) is 129 Å². The minimum Gasteiger partial charge on any atom is -0.458 e. The third-order valence-corrected chi connectivity index (χ3v) is 8.78. The molecule has 1 unspecified atom stereocenters. The number of aliphatic hydroxyl groups excluding tert-OH is 3. The second-order valence-corrected chi connectivity index (χ2v) is 12.2. The molecule has 8 nitrogen and oxygen atoms in total. The Labute approximate surface area is 217 Å². The lowest BCUT2D eigenvalue weighted by molar-refractivity contribution is -0.154. The Balaban J connectivity index is 1.88. The molecule has 2 saturated heterocycles. The number of cyclic esters (lactones) is 1. The van der Waals surface area contributed by atoms with Crippen LogP contribution in [0.25, 0.3) is 6.08 Å². The molecule has 0 saturated carbocycles. The van der Waals surface area contributed by atoms with E-state index in [0.717, 1.165) is 16.3 Å². The van der Waals surface area contributed by atoms with Crippen molar-refractivity contribution in [2.24, 2.45) is 17.3 Å². The number of aromatic nitrogens is 1. The van der Waals surface area contributed by atoms with Crippen molar-refractivity contribution in [3.05, 3.63) is 21.7 Å². The maximum atomic E-state index is 13.2. The number of carbonyl (C=O) groups is 2. The monoisotopic (exact) mass is 523 g/mol. The Kier molecular flexibility index (Phi) is 9.15. The average molecular weight is 524 g/mol. The molecule has 0 aliphatic carbocycles. The number of epoxide rings is 1. The van der Waals surface area contributed by atoms with E-state index < -0.39 is 41.2 Å². The van der Waals surface area contributed by atoms with Gasteiger partial charge in [-0.3, -0.25) is 9.59 Å². The molecule has 0 radical (unpaired) electrons. The molecule has 7 atom stereocenters. The van der Waals surface area contributed by atoms with Gasteiger partial charge in [0.25, 0.3) is 0 Å². The number of ketones is 1. The Morgan fingerprint density at radius 1 is 1.28 bits per heavy atom. The zero-order chi connectivity index (χ0) is 26.8. The number of nitrogens with zero attached hydrogens (tertiary/aromatic N) is 1. The Morgan fingerprint density at radius 2 is 1.97 bits per heavy atom. The van der Waals surface area contributed by atoms with Crippen LogP contribution in [0.4, 0.5) is 0 Å². The molecule has 0 bridgehead atoms. The number of aliphatic hydroxyl groups is 3. The van der Waals surface area contributed by atoms with Gasteiger partial charge in [0.05, 0.1) is 47.5 Å². The predicted molar refractivity (Wildman–Crippen MR) is 137 cm³/mol. The van der Waals surface area contributed by atoms with Crippen LogP contribution >= 0.6 is 11.3 Å². The predicted octanol–water partition coefficient (Wildman–Crippen LogP) is 3.45. The highest BCUT2D eigenvalue weighted by molar-refractivity contribution is 7.09. The van der Waals surface area contributed by atoms with E-state index in [2.05, 4.69) is 4.98 Å². The van der Waals surface area contributed by atoms with E-state index in [1.54, 1.807) is 20.8 Å². The van der Waals surface area contributed by atoms with E-state index in [9.17, 15) is 24.9 Å². The van der Waals surface area contributed by atoms with Crippen LogP contribution in [0.5, 0.6) is 0 Å². The maximum Gasteiger partial charge on any atom is 0.309 e. The number of rotatable bonds is 3. The first kappa shape index (κ1) is 28.9. The van der Waals surface area contributed by atoms with Gasteiger partial charge in [0, 0.05) is 17.7 Å². The van der Waals surface area contributed by atoms with Crippen molar-refractivity contribution >= 4 is 29.2 Å². The van der Waals surface area contributed by atoms with E-state index in [1.807, 2.05) is 32.2 Å². The largest absolute Gasteiger partial charge is 0.458 e. The standard InChI is InChI=1S/C27H41NO7S/c1-15-8-7-9-27(14-29)22(35-27)11-20(16(2)10-19-13-36-18(4)28-19)34-23(31)12-21(30)26(5,6)25(33)17(3)24(15)32/h10,13,15,17,20-22,24,29-30,32H,7-9,11-12,14H2,1-6H3/b16-10+/t15-,17+,20-,21-,22?,24-,27+/m0/s1. The zero-order valence-electron chi connectivity index (χ0n) is 22.2. The summed E-state index contributed by atoms with van der Waals surface area (Å²) in [5.74, 6) is -1.77. The second kappa shape index (κ2) is 11.4. The van der Waals surface area contributed by atoms with Gasteiger partial charge in [0.2, 0.25) is 0 Å². The van der Waals surface area contributed by atoms with Crippen molar-refractivity contribution in [1.82, 2.24) is 4.98 Å². The normalized spacial score (nSPS) is 36.8. The summed E-state index contributed by atoms with van der Waals surface area (Å²) in [5, 5.41) is 34.7. The number of aryl methyl sites for hydroxylation is 1. The summed E-state index contributed by atoms with van der Waals surface area (Å²) < 4.78 is 11.8. The summed E-state index contributed by atoms with van der Waals surface area (Å²) in [5.41, 5.74) is -0.378. The van der Waals surface area contributed by atoms with Gasteiger partial charge in [-0.15, -0.1) is 11.3 Å². The summed E-state index contributed by atoms with van der Waals surface area (Å²) >= 11 is 1.53. The van der Waals surface area contributed by atoms with Crippen LogP contribution in [0, 0.1) is 24.2 Å². The van der Waals surface area contributed by atoms with Gasteiger partial charge in [-0.1, -0.05) is 34.1 Å². The number of hydrogen-bond acceptors (Lipinski definition) is 9. The first-order valence-corrected chi connectivity index (χ1v) is 13.7. The first-order valence-electron chi connectivity index (χ1n) is 12.8. The molecule has 3 heterocycles. The molecular weight excluding hydrogens is 482 g/mol. The molecule has 2 fully saturated rings. The molecule has 1 aromatic rings. The fourth-order valence-corrected chi connectivity index (χ4v) is 5.73. The quantitative estimate of drug-likeness (QED) is 0.406. The van der Waals surface area contributed by atoms with E-state index in [1.165, 1.54) is 11.3 Å². The lowest BCUT2D eigenvalue weighted by Gasteiger charge is -2.34. The SMILES string of the molecule is C/C(=C\c1csc(C)n1)[C@@H]1CC2O[C@@]2(CO)CCC[C@H](C)[C@H](O)[C@@H](C)C(=O)C(C)(C)[C@@H](O)CC(=O)O1. The van der Waals surface area contributed by atoms with E-state index in [-0.39, 0.29) is 30.8 Å². The zero-order valence-corrected chi connectivity index (χ0v) is 23.0. The van der Waals surface area contributed by atoms with Crippen LogP contribution in [0.15, 0.2) is 11.0 Å². The van der Waals surface area contributed by atoms with Crippen LogP contribution in [-0.4, -0.2) is 68.7 Å². The third kappa shape index (κ3) is 6.42. The van der Waals surface area contributed by atoms with Gasteiger partial charge in [-0.2, -0.15) is 0 Å². The lowest BCUT2D eigenvalue weighted by Crippen LogP contribution is -2.45. The van der Waals surface area contributed by atoms with Crippen molar-refractivity contribution in [3.63, 3.8) is 0 Å². The molecular formula is C27H41NO7S. The molecule has 0 aromatic carbocycles. The summed E-state index contributed by atoms with van der Waals surface area (Å²) in [6.45, 7) is 10.4. The fourth-order valence-electron chi connectivity index (χ4n) is 5.16. The highest BCUT2D eigenvalue weighted by Gasteiger charge is 2.56. The molecule has 0 spiro atoms. The molecule has 2 aliphatic heterocycles. The Hall–Kier alpha value is -1.65.